The quantitative estimate of drug-likeness (QED) is 0.527. The van der Waals surface area contributed by atoms with Crippen LogP contribution in [0.3, 0.4) is 0 Å². The van der Waals surface area contributed by atoms with Crippen LogP contribution in [-0.4, -0.2) is 67.4 Å². The second-order valence-corrected chi connectivity index (χ2v) is 6.86. The van der Waals surface area contributed by atoms with Crippen molar-refractivity contribution in [3.05, 3.63) is 65.0 Å². The number of hydrogen-bond acceptors (Lipinski definition) is 6. The van der Waals surface area contributed by atoms with Crippen LogP contribution >= 0.6 is 0 Å². The van der Waals surface area contributed by atoms with Crippen LogP contribution in [0.5, 0.6) is 0 Å². The highest BCUT2D eigenvalue weighted by Gasteiger charge is 2.23. The molecular weight excluding hydrogens is 372 g/mol. The Kier molecular flexibility index (Phi) is 7.29. The van der Waals surface area contributed by atoms with Gasteiger partial charge in [-0.3, -0.25) is 9.59 Å². The second-order valence-electron chi connectivity index (χ2n) is 6.86. The van der Waals surface area contributed by atoms with Crippen molar-refractivity contribution in [2.45, 2.75) is 18.6 Å². The summed E-state index contributed by atoms with van der Waals surface area (Å²) in [4.78, 5) is 29.1. The lowest BCUT2D eigenvalue weighted by atomic mass is 10.1. The zero-order valence-electron chi connectivity index (χ0n) is 16.4. The molecule has 2 atom stereocenters. The number of aliphatic hydroxyl groups is 1. The molecule has 2 amide bonds. The summed E-state index contributed by atoms with van der Waals surface area (Å²) in [6.07, 6.45) is -0.691. The molecule has 1 aliphatic heterocycles. The van der Waals surface area contributed by atoms with E-state index in [4.69, 9.17) is 4.74 Å². The molecule has 4 N–H and O–H groups in total. The number of nitrogens with one attached hydrogen (secondary N) is 3. The van der Waals surface area contributed by atoms with Gasteiger partial charge in [-0.15, -0.1) is 0 Å². The molecule has 154 valence electrons. The maximum absolute atomic E-state index is 12.7. The summed E-state index contributed by atoms with van der Waals surface area (Å²) >= 11 is 0. The van der Waals surface area contributed by atoms with Crippen LogP contribution < -0.4 is 16.0 Å². The van der Waals surface area contributed by atoms with Crippen molar-refractivity contribution in [1.29, 1.82) is 0 Å². The third-order valence-corrected chi connectivity index (χ3v) is 4.69. The highest BCUT2D eigenvalue weighted by molar-refractivity contribution is 5.98. The molecule has 1 aromatic heterocycles. The molecule has 0 bridgehead atoms. The summed E-state index contributed by atoms with van der Waals surface area (Å²) in [6, 6.07) is 12.8. The monoisotopic (exact) mass is 398 g/mol. The number of aromatic nitrogens is 1. The predicted molar refractivity (Wildman–Crippen MR) is 108 cm³/mol. The van der Waals surface area contributed by atoms with Gasteiger partial charge in [0.15, 0.2) is 0 Å². The number of carbonyl (C=O) groups is 2. The minimum absolute atomic E-state index is 0.0524. The molecule has 1 aromatic carbocycles. The van der Waals surface area contributed by atoms with Gasteiger partial charge >= 0.3 is 0 Å². The number of carbonyl (C=O) groups excluding carboxylic acids is 2. The van der Waals surface area contributed by atoms with Crippen molar-refractivity contribution in [3.63, 3.8) is 0 Å². The van der Waals surface area contributed by atoms with Crippen LogP contribution in [0.2, 0.25) is 0 Å². The van der Waals surface area contributed by atoms with Crippen molar-refractivity contribution in [2.75, 3.05) is 33.3 Å². The SMILES string of the molecule is CNC(=O)c1cc(C(=O)NC[C@@H](O)[C@@H]2CNCCO2)cc(Cc2ccccc2)n1. The molecule has 29 heavy (non-hydrogen) atoms. The van der Waals surface area contributed by atoms with Crippen LogP contribution in [0, 0.1) is 0 Å². The van der Waals surface area contributed by atoms with E-state index in [0.29, 0.717) is 30.8 Å². The normalized spacial score (nSPS) is 17.4. The van der Waals surface area contributed by atoms with Crippen molar-refractivity contribution >= 4 is 11.8 Å². The zero-order chi connectivity index (χ0) is 20.6. The maximum atomic E-state index is 12.7. The van der Waals surface area contributed by atoms with Gasteiger partial charge in [0.05, 0.1) is 18.8 Å². The largest absolute Gasteiger partial charge is 0.389 e. The first-order chi connectivity index (χ1) is 14.1. The molecular formula is C21H26N4O4. The Bertz CT molecular complexity index is 838. The molecule has 0 radical (unpaired) electrons. The fourth-order valence-corrected chi connectivity index (χ4v) is 3.12. The number of aliphatic hydroxyl groups excluding tert-OH is 1. The summed E-state index contributed by atoms with van der Waals surface area (Å²) in [5, 5.41) is 18.6. The molecule has 1 saturated heterocycles. The third kappa shape index (κ3) is 5.83. The van der Waals surface area contributed by atoms with E-state index in [1.807, 2.05) is 30.3 Å². The Labute approximate surface area is 169 Å². The van der Waals surface area contributed by atoms with Gasteiger partial charge in [0, 0.05) is 44.4 Å². The smallest absolute Gasteiger partial charge is 0.269 e. The molecule has 0 saturated carbocycles. The molecule has 1 aliphatic rings. The van der Waals surface area contributed by atoms with E-state index in [2.05, 4.69) is 20.9 Å². The van der Waals surface area contributed by atoms with E-state index in [-0.39, 0.29) is 30.2 Å². The number of hydrogen-bond donors (Lipinski definition) is 4. The number of amides is 2. The minimum Gasteiger partial charge on any atom is -0.389 e. The predicted octanol–water partition coefficient (Wildman–Crippen LogP) is 0.111. The molecule has 0 aliphatic carbocycles. The third-order valence-electron chi connectivity index (χ3n) is 4.69. The summed E-state index contributed by atoms with van der Waals surface area (Å²) in [5.74, 6) is -0.745. The van der Waals surface area contributed by atoms with Crippen LogP contribution in [0.1, 0.15) is 32.1 Å². The molecule has 8 heteroatoms. The highest BCUT2D eigenvalue weighted by Crippen LogP contribution is 2.12. The maximum Gasteiger partial charge on any atom is 0.269 e. The van der Waals surface area contributed by atoms with Gasteiger partial charge in [0.1, 0.15) is 5.69 Å². The van der Waals surface area contributed by atoms with Gasteiger partial charge in [-0.25, -0.2) is 4.98 Å². The summed E-state index contributed by atoms with van der Waals surface area (Å²) in [7, 11) is 1.52. The molecule has 1 fully saturated rings. The molecule has 3 rings (SSSR count). The van der Waals surface area contributed by atoms with Crippen LogP contribution in [-0.2, 0) is 11.2 Å². The number of benzene rings is 1. The van der Waals surface area contributed by atoms with Crippen molar-refractivity contribution < 1.29 is 19.4 Å². The standard InChI is InChI=1S/C21H26N4O4/c1-22-21(28)17-11-15(10-16(25-17)9-14-5-3-2-4-6-14)20(27)24-12-18(26)19-13-23-7-8-29-19/h2-6,10-11,18-19,23,26H,7-9,12-13H2,1H3,(H,22,28)(H,24,27)/t18-,19+/m1/s1. The van der Waals surface area contributed by atoms with Crippen molar-refractivity contribution in [3.8, 4) is 0 Å². The fourth-order valence-electron chi connectivity index (χ4n) is 3.12. The number of morpholine rings is 1. The lowest BCUT2D eigenvalue weighted by Gasteiger charge is -2.27. The average Bonchev–Trinajstić information content (AvgIpc) is 2.77. The van der Waals surface area contributed by atoms with Gasteiger partial charge in [-0.05, 0) is 17.7 Å². The molecule has 2 heterocycles. The Balaban J connectivity index is 1.72. The van der Waals surface area contributed by atoms with E-state index in [1.165, 1.54) is 13.1 Å². The van der Waals surface area contributed by atoms with Crippen molar-refractivity contribution in [2.24, 2.45) is 0 Å². The van der Waals surface area contributed by atoms with E-state index >= 15 is 0 Å². The average molecular weight is 398 g/mol. The lowest BCUT2D eigenvalue weighted by molar-refractivity contribution is -0.0502. The molecule has 0 spiro atoms. The summed E-state index contributed by atoms with van der Waals surface area (Å²) in [5.41, 5.74) is 2.13. The van der Waals surface area contributed by atoms with Gasteiger partial charge in [-0.2, -0.15) is 0 Å². The number of nitrogens with zero attached hydrogens (tertiary/aromatic N) is 1. The first-order valence-corrected chi connectivity index (χ1v) is 9.62. The number of ether oxygens (including phenoxy) is 1. The molecule has 2 aromatic rings. The topological polar surface area (TPSA) is 113 Å². The Morgan fingerprint density at radius 2 is 2.07 bits per heavy atom. The second kappa shape index (κ2) is 10.1. The van der Waals surface area contributed by atoms with Crippen LogP contribution in [0.4, 0.5) is 0 Å². The zero-order valence-corrected chi connectivity index (χ0v) is 16.4. The molecule has 0 unspecified atom stereocenters. The Morgan fingerprint density at radius 3 is 2.76 bits per heavy atom. The van der Waals surface area contributed by atoms with Gasteiger partial charge in [0.2, 0.25) is 0 Å². The Hall–Kier alpha value is -2.81. The first-order valence-electron chi connectivity index (χ1n) is 9.62. The van der Waals surface area contributed by atoms with Gasteiger partial charge in [-0.1, -0.05) is 30.3 Å². The van der Waals surface area contributed by atoms with Crippen molar-refractivity contribution in [1.82, 2.24) is 20.9 Å². The van der Waals surface area contributed by atoms with Gasteiger partial charge < -0.3 is 25.8 Å². The minimum atomic E-state index is -0.823. The van der Waals surface area contributed by atoms with E-state index in [1.54, 1.807) is 6.07 Å². The van der Waals surface area contributed by atoms with E-state index in [9.17, 15) is 14.7 Å². The Morgan fingerprint density at radius 1 is 1.28 bits per heavy atom. The highest BCUT2D eigenvalue weighted by atomic mass is 16.5. The first kappa shape index (κ1) is 20.9. The van der Waals surface area contributed by atoms with E-state index in [0.717, 1.165) is 12.1 Å². The fraction of sp³-hybridized carbons (Fsp3) is 0.381. The number of rotatable bonds is 7. The van der Waals surface area contributed by atoms with Gasteiger partial charge in [0.25, 0.3) is 11.8 Å². The summed E-state index contributed by atoms with van der Waals surface area (Å²) < 4.78 is 5.50. The molecule has 8 nitrogen and oxygen atoms in total. The van der Waals surface area contributed by atoms with E-state index < -0.39 is 6.10 Å². The lowest BCUT2D eigenvalue weighted by Crippen LogP contribution is -2.49. The number of pyridine rings is 1. The van der Waals surface area contributed by atoms with Crippen LogP contribution in [0.25, 0.3) is 0 Å². The summed E-state index contributed by atoms with van der Waals surface area (Å²) in [6.45, 7) is 1.86. The van der Waals surface area contributed by atoms with Crippen LogP contribution in [0.15, 0.2) is 42.5 Å².